The Labute approximate surface area is 172 Å². The van der Waals surface area contributed by atoms with Crippen LogP contribution in [0.15, 0.2) is 24.3 Å². The van der Waals surface area contributed by atoms with Crippen molar-refractivity contribution in [1.82, 2.24) is 14.7 Å². The predicted octanol–water partition coefficient (Wildman–Crippen LogP) is 2.84. The summed E-state index contributed by atoms with van der Waals surface area (Å²) in [5, 5.41) is 0. The van der Waals surface area contributed by atoms with Gasteiger partial charge in [-0.3, -0.25) is 14.5 Å². The van der Waals surface area contributed by atoms with Gasteiger partial charge in [0.1, 0.15) is 11.4 Å². The summed E-state index contributed by atoms with van der Waals surface area (Å²) in [6.45, 7) is 5.62. The Kier molecular flexibility index (Phi) is 5.91. The van der Waals surface area contributed by atoms with Crippen LogP contribution < -0.4 is 0 Å². The fraction of sp³-hybridized carbons (Fsp3) is 0.652. The number of nitrogens with zero attached hydrogens (tertiary/aromatic N) is 3. The SMILES string of the molecule is CC(=O)N1CCC[C@]1(Cc1ccc(F)cc1)C(=O)N1CCCN(C2CCC2)CC1. The van der Waals surface area contributed by atoms with Crippen molar-refractivity contribution < 1.29 is 14.0 Å². The van der Waals surface area contributed by atoms with Crippen molar-refractivity contribution in [1.29, 1.82) is 0 Å². The van der Waals surface area contributed by atoms with Crippen LogP contribution in [0.2, 0.25) is 0 Å². The third kappa shape index (κ3) is 4.04. The molecule has 29 heavy (non-hydrogen) atoms. The van der Waals surface area contributed by atoms with E-state index in [2.05, 4.69) is 4.90 Å². The molecule has 5 nitrogen and oxygen atoms in total. The molecule has 3 aliphatic rings. The maximum Gasteiger partial charge on any atom is 0.248 e. The van der Waals surface area contributed by atoms with E-state index in [1.165, 1.54) is 31.4 Å². The Morgan fingerprint density at radius 2 is 1.76 bits per heavy atom. The fourth-order valence-corrected chi connectivity index (χ4v) is 5.31. The number of carbonyl (C=O) groups is 2. The first kappa shape index (κ1) is 20.3. The van der Waals surface area contributed by atoms with Crippen LogP contribution in [0, 0.1) is 5.82 Å². The van der Waals surface area contributed by atoms with Crippen molar-refractivity contribution in [3.05, 3.63) is 35.6 Å². The molecule has 3 fully saturated rings. The largest absolute Gasteiger partial charge is 0.339 e. The normalized spacial score (nSPS) is 26.3. The number of carbonyl (C=O) groups excluding carboxylic acids is 2. The first-order valence-electron chi connectivity index (χ1n) is 11.1. The molecule has 2 amide bonds. The number of likely N-dealkylation sites (tertiary alicyclic amines) is 1. The van der Waals surface area contributed by atoms with Crippen molar-refractivity contribution in [2.24, 2.45) is 0 Å². The van der Waals surface area contributed by atoms with Crippen molar-refractivity contribution >= 4 is 11.8 Å². The zero-order valence-electron chi connectivity index (χ0n) is 17.4. The molecule has 2 saturated heterocycles. The molecule has 2 aliphatic heterocycles. The molecule has 1 atom stereocenters. The van der Waals surface area contributed by atoms with Crippen LogP contribution in [0.5, 0.6) is 0 Å². The zero-order chi connectivity index (χ0) is 20.4. The minimum atomic E-state index is -0.838. The molecular weight excluding hydrogens is 369 g/mol. The highest BCUT2D eigenvalue weighted by Gasteiger charge is 2.50. The molecule has 0 radical (unpaired) electrons. The second-order valence-corrected chi connectivity index (χ2v) is 8.88. The molecule has 1 aromatic rings. The molecule has 1 aromatic carbocycles. The predicted molar refractivity (Wildman–Crippen MR) is 110 cm³/mol. The van der Waals surface area contributed by atoms with Gasteiger partial charge in [-0.15, -0.1) is 0 Å². The summed E-state index contributed by atoms with van der Waals surface area (Å²) in [5.41, 5.74) is 0.0637. The van der Waals surface area contributed by atoms with Crippen molar-refractivity contribution in [3.8, 4) is 0 Å². The van der Waals surface area contributed by atoms with Crippen LogP contribution >= 0.6 is 0 Å². The lowest BCUT2D eigenvalue weighted by atomic mass is 9.86. The maximum atomic E-state index is 13.9. The molecule has 0 spiro atoms. The van der Waals surface area contributed by atoms with Gasteiger partial charge in [0.2, 0.25) is 11.8 Å². The van der Waals surface area contributed by atoms with E-state index in [1.807, 2.05) is 4.90 Å². The van der Waals surface area contributed by atoms with E-state index >= 15 is 0 Å². The van der Waals surface area contributed by atoms with E-state index in [9.17, 15) is 14.0 Å². The smallest absolute Gasteiger partial charge is 0.248 e. The van der Waals surface area contributed by atoms with Gasteiger partial charge in [-0.25, -0.2) is 4.39 Å². The molecule has 1 aliphatic carbocycles. The Balaban J connectivity index is 1.56. The second-order valence-electron chi connectivity index (χ2n) is 8.88. The lowest BCUT2D eigenvalue weighted by molar-refractivity contribution is -0.150. The highest BCUT2D eigenvalue weighted by atomic mass is 19.1. The van der Waals surface area contributed by atoms with Gasteiger partial charge in [0, 0.05) is 52.1 Å². The van der Waals surface area contributed by atoms with E-state index < -0.39 is 5.54 Å². The summed E-state index contributed by atoms with van der Waals surface area (Å²) < 4.78 is 13.4. The lowest BCUT2D eigenvalue weighted by Crippen LogP contribution is -2.59. The number of hydrogen-bond acceptors (Lipinski definition) is 3. The van der Waals surface area contributed by atoms with Crippen molar-refractivity contribution in [2.75, 3.05) is 32.7 Å². The number of amides is 2. The summed E-state index contributed by atoms with van der Waals surface area (Å²) in [6, 6.07) is 7.04. The van der Waals surface area contributed by atoms with Crippen molar-refractivity contribution in [3.63, 3.8) is 0 Å². The Hall–Kier alpha value is -1.95. The minimum Gasteiger partial charge on any atom is -0.339 e. The van der Waals surface area contributed by atoms with Gasteiger partial charge in [0.05, 0.1) is 0 Å². The van der Waals surface area contributed by atoms with E-state index in [0.29, 0.717) is 25.4 Å². The molecule has 0 aromatic heterocycles. The highest BCUT2D eigenvalue weighted by Crippen LogP contribution is 2.35. The van der Waals surface area contributed by atoms with Crippen LogP contribution in [0.3, 0.4) is 0 Å². The van der Waals surface area contributed by atoms with Gasteiger partial charge in [-0.05, 0) is 49.8 Å². The second kappa shape index (κ2) is 8.42. The molecule has 158 valence electrons. The van der Waals surface area contributed by atoms with Crippen molar-refractivity contribution in [2.45, 2.75) is 63.5 Å². The summed E-state index contributed by atoms with van der Waals surface area (Å²) >= 11 is 0. The van der Waals surface area contributed by atoms with Gasteiger partial charge in [0.15, 0.2) is 0 Å². The number of benzene rings is 1. The van der Waals surface area contributed by atoms with E-state index in [1.54, 1.807) is 24.0 Å². The van der Waals surface area contributed by atoms with Gasteiger partial charge in [0.25, 0.3) is 0 Å². The van der Waals surface area contributed by atoms with Gasteiger partial charge in [-0.1, -0.05) is 18.6 Å². The summed E-state index contributed by atoms with van der Waals surface area (Å²) in [5.74, 6) is -0.263. The summed E-state index contributed by atoms with van der Waals surface area (Å²) in [7, 11) is 0. The van der Waals surface area contributed by atoms with Crippen LogP contribution in [-0.4, -0.2) is 70.8 Å². The molecule has 4 rings (SSSR count). The third-order valence-corrected chi connectivity index (χ3v) is 7.09. The lowest BCUT2D eigenvalue weighted by Gasteiger charge is -2.41. The van der Waals surface area contributed by atoms with Gasteiger partial charge < -0.3 is 9.80 Å². The van der Waals surface area contributed by atoms with E-state index in [-0.39, 0.29) is 17.6 Å². The van der Waals surface area contributed by atoms with Crippen LogP contribution in [-0.2, 0) is 16.0 Å². The van der Waals surface area contributed by atoms with E-state index in [0.717, 1.165) is 44.6 Å². The fourth-order valence-electron chi connectivity index (χ4n) is 5.31. The molecule has 6 heteroatoms. The van der Waals surface area contributed by atoms with Gasteiger partial charge in [-0.2, -0.15) is 0 Å². The molecule has 1 saturated carbocycles. The van der Waals surface area contributed by atoms with Gasteiger partial charge >= 0.3 is 0 Å². The Bertz CT molecular complexity index is 749. The van der Waals surface area contributed by atoms with E-state index in [4.69, 9.17) is 0 Å². The number of hydrogen-bond donors (Lipinski definition) is 0. The van der Waals surface area contributed by atoms with Crippen LogP contribution in [0.4, 0.5) is 4.39 Å². The van der Waals surface area contributed by atoms with Crippen LogP contribution in [0.1, 0.15) is 51.0 Å². The average Bonchev–Trinajstić information content (AvgIpc) is 2.95. The minimum absolute atomic E-state index is 0.0520. The maximum absolute atomic E-state index is 13.9. The molecule has 0 bridgehead atoms. The first-order valence-corrected chi connectivity index (χ1v) is 11.1. The molecular formula is C23H32FN3O2. The number of rotatable bonds is 4. The van der Waals surface area contributed by atoms with Crippen LogP contribution in [0.25, 0.3) is 0 Å². The first-order chi connectivity index (χ1) is 14.0. The quantitative estimate of drug-likeness (QED) is 0.779. The monoisotopic (exact) mass is 401 g/mol. The molecule has 0 N–H and O–H groups in total. The summed E-state index contributed by atoms with van der Waals surface area (Å²) in [4.78, 5) is 32.6. The molecule has 2 heterocycles. The third-order valence-electron chi connectivity index (χ3n) is 7.09. The Morgan fingerprint density at radius 3 is 2.41 bits per heavy atom. The highest BCUT2D eigenvalue weighted by molar-refractivity contribution is 5.92. The Morgan fingerprint density at radius 1 is 1.00 bits per heavy atom. The number of halogens is 1. The topological polar surface area (TPSA) is 43.9 Å². The molecule has 0 unspecified atom stereocenters. The zero-order valence-corrected chi connectivity index (χ0v) is 17.4. The summed E-state index contributed by atoms with van der Waals surface area (Å²) in [6.07, 6.45) is 6.81. The standard InChI is InChI=1S/C23H32FN3O2/c1-18(28)27-14-3-11-23(27,17-19-7-9-20(24)10-8-19)22(29)26-13-4-12-25(15-16-26)21-5-2-6-21/h7-10,21H,2-6,11-17H2,1H3/t23-/m0/s1. The average molecular weight is 402 g/mol.